The number of fused-ring (bicyclic) bond motifs is 2. The maximum atomic E-state index is 5.66. The molecule has 0 atom stereocenters. The van der Waals surface area contributed by atoms with Crippen molar-refractivity contribution in [2.24, 2.45) is 0 Å². The predicted molar refractivity (Wildman–Crippen MR) is 149 cm³/mol. The summed E-state index contributed by atoms with van der Waals surface area (Å²) in [6.07, 6.45) is 6.92. The predicted octanol–water partition coefficient (Wildman–Crippen LogP) is 4.68. The summed E-state index contributed by atoms with van der Waals surface area (Å²) in [5.41, 5.74) is 2.23. The van der Waals surface area contributed by atoms with E-state index in [0.717, 1.165) is 79.5 Å². The number of thioether (sulfide) groups is 1. The van der Waals surface area contributed by atoms with E-state index in [2.05, 4.69) is 50.2 Å². The molecule has 3 aromatic heterocycles. The van der Waals surface area contributed by atoms with Crippen LogP contribution in [0.1, 0.15) is 17.7 Å². The number of thiophene rings is 1. The SMILES string of the molecule is CSc1cc(-c2nc(N3CCOCC3)c3cc(CN4CCN(C5CC5)CC4)sc3n2)c2cc[nH]c2c1. The van der Waals surface area contributed by atoms with Gasteiger partial charge in [0.25, 0.3) is 0 Å². The molecule has 3 fully saturated rings. The summed E-state index contributed by atoms with van der Waals surface area (Å²) in [5, 5.41) is 2.36. The first-order valence-electron chi connectivity index (χ1n) is 13.0. The van der Waals surface area contributed by atoms with Gasteiger partial charge in [-0.25, -0.2) is 9.97 Å². The van der Waals surface area contributed by atoms with Crippen molar-refractivity contribution >= 4 is 50.0 Å². The van der Waals surface area contributed by atoms with Crippen molar-refractivity contribution in [1.29, 1.82) is 0 Å². The summed E-state index contributed by atoms with van der Waals surface area (Å²) in [5.74, 6) is 1.87. The van der Waals surface area contributed by atoms with E-state index in [0.29, 0.717) is 0 Å². The van der Waals surface area contributed by atoms with Gasteiger partial charge in [0.15, 0.2) is 5.82 Å². The van der Waals surface area contributed by atoms with Gasteiger partial charge >= 0.3 is 0 Å². The monoisotopic (exact) mass is 520 g/mol. The minimum atomic E-state index is 0.743. The molecule has 0 radical (unpaired) electrons. The smallest absolute Gasteiger partial charge is 0.163 e. The Kier molecular flexibility index (Phi) is 6.14. The molecule has 9 heteroatoms. The number of morpholine rings is 1. The summed E-state index contributed by atoms with van der Waals surface area (Å²) in [6.45, 7) is 8.94. The van der Waals surface area contributed by atoms with Crippen LogP contribution in [0.4, 0.5) is 5.82 Å². The Morgan fingerprint density at radius 3 is 2.64 bits per heavy atom. The Hall–Kier alpha value is -2.17. The molecule has 0 spiro atoms. The van der Waals surface area contributed by atoms with E-state index in [1.165, 1.54) is 46.5 Å². The van der Waals surface area contributed by atoms with Crippen LogP contribution in [0, 0.1) is 0 Å². The molecular formula is C27H32N6OS2. The zero-order chi connectivity index (χ0) is 24.1. The highest BCUT2D eigenvalue weighted by Crippen LogP contribution is 2.37. The fraction of sp³-hybridized carbons (Fsp3) is 0.481. The maximum Gasteiger partial charge on any atom is 0.163 e. The molecule has 7 rings (SSSR count). The van der Waals surface area contributed by atoms with E-state index in [1.807, 2.05) is 17.5 Å². The average Bonchev–Trinajstić information content (AvgIpc) is 3.52. The fourth-order valence-corrected chi connectivity index (χ4v) is 7.10. The topological polar surface area (TPSA) is 60.5 Å². The van der Waals surface area contributed by atoms with Gasteiger partial charge in [-0.05, 0) is 43.4 Å². The second kappa shape index (κ2) is 9.61. The number of piperazine rings is 1. The van der Waals surface area contributed by atoms with Gasteiger partial charge < -0.3 is 14.6 Å². The van der Waals surface area contributed by atoms with Crippen molar-refractivity contribution in [2.45, 2.75) is 30.3 Å². The third kappa shape index (κ3) is 4.41. The molecule has 0 bridgehead atoms. The molecule has 0 amide bonds. The molecule has 2 aliphatic heterocycles. The standard InChI is InChI=1S/C27H32N6OS2/c1-35-19-14-22(21-4-5-28-24(21)16-19)25-29-26(33-10-12-34-13-11-33)23-15-20(36-27(23)30-25)17-31-6-8-32(9-7-31)18-2-3-18/h4-5,14-16,18,28H,2-3,6-13,17H2,1H3. The van der Waals surface area contributed by atoms with E-state index in [-0.39, 0.29) is 0 Å². The minimum Gasteiger partial charge on any atom is -0.378 e. The van der Waals surface area contributed by atoms with E-state index in [1.54, 1.807) is 11.8 Å². The van der Waals surface area contributed by atoms with E-state index >= 15 is 0 Å². The van der Waals surface area contributed by atoms with Crippen molar-refractivity contribution in [3.8, 4) is 11.4 Å². The lowest BCUT2D eigenvalue weighted by Gasteiger charge is -2.34. The molecule has 0 unspecified atom stereocenters. The molecule has 36 heavy (non-hydrogen) atoms. The van der Waals surface area contributed by atoms with Crippen molar-refractivity contribution in [1.82, 2.24) is 24.8 Å². The van der Waals surface area contributed by atoms with Gasteiger partial charge in [0.05, 0.1) is 18.6 Å². The summed E-state index contributed by atoms with van der Waals surface area (Å²) < 4.78 is 5.66. The lowest BCUT2D eigenvalue weighted by molar-refractivity contribution is 0.122. The van der Waals surface area contributed by atoms with Gasteiger partial charge in [-0.1, -0.05) is 0 Å². The Morgan fingerprint density at radius 2 is 1.86 bits per heavy atom. The largest absolute Gasteiger partial charge is 0.378 e. The first-order valence-corrected chi connectivity index (χ1v) is 15.0. The number of rotatable bonds is 6. The van der Waals surface area contributed by atoms with Gasteiger partial charge in [0.2, 0.25) is 0 Å². The quantitative estimate of drug-likeness (QED) is 0.371. The first kappa shape index (κ1) is 23.0. The molecule has 1 aliphatic carbocycles. The fourth-order valence-electron chi connectivity index (χ4n) is 5.56. The van der Waals surface area contributed by atoms with Crippen LogP contribution in [0.3, 0.4) is 0 Å². The van der Waals surface area contributed by atoms with Crippen LogP contribution in [0.25, 0.3) is 32.5 Å². The van der Waals surface area contributed by atoms with Crippen LogP contribution in [-0.2, 0) is 11.3 Å². The molecule has 1 N–H and O–H groups in total. The van der Waals surface area contributed by atoms with Crippen LogP contribution in [0.2, 0.25) is 0 Å². The Balaban J connectivity index is 1.26. The third-order valence-electron chi connectivity index (χ3n) is 7.70. The van der Waals surface area contributed by atoms with Crippen LogP contribution in [0.15, 0.2) is 35.4 Å². The van der Waals surface area contributed by atoms with E-state index in [9.17, 15) is 0 Å². The average molecular weight is 521 g/mol. The van der Waals surface area contributed by atoms with E-state index < -0.39 is 0 Å². The number of hydrogen-bond donors (Lipinski definition) is 1. The van der Waals surface area contributed by atoms with Gasteiger partial charge in [-0.3, -0.25) is 9.80 Å². The number of H-pyrrole nitrogens is 1. The maximum absolute atomic E-state index is 5.66. The number of nitrogens with one attached hydrogen (secondary N) is 1. The summed E-state index contributed by atoms with van der Waals surface area (Å²) in [6, 6.07) is 9.80. The highest BCUT2D eigenvalue weighted by Gasteiger charge is 2.31. The molecule has 4 aromatic rings. The molecule has 188 valence electrons. The normalized spacial score (nSPS) is 20.1. The molecule has 7 nitrogen and oxygen atoms in total. The Labute approximate surface area is 219 Å². The van der Waals surface area contributed by atoms with Crippen molar-refractivity contribution in [2.75, 3.05) is 63.6 Å². The number of hydrogen-bond acceptors (Lipinski definition) is 8. The molecule has 3 aliphatic rings. The number of aromatic nitrogens is 3. The summed E-state index contributed by atoms with van der Waals surface area (Å²) in [7, 11) is 0. The second-order valence-corrected chi connectivity index (χ2v) is 12.1. The highest BCUT2D eigenvalue weighted by atomic mass is 32.2. The Bertz CT molecular complexity index is 1380. The zero-order valence-corrected chi connectivity index (χ0v) is 22.3. The first-order chi connectivity index (χ1) is 17.7. The van der Waals surface area contributed by atoms with E-state index in [4.69, 9.17) is 14.7 Å². The van der Waals surface area contributed by atoms with Gasteiger partial charge in [0.1, 0.15) is 10.6 Å². The third-order valence-corrected chi connectivity index (χ3v) is 9.42. The summed E-state index contributed by atoms with van der Waals surface area (Å²) >= 11 is 3.59. The number of ether oxygens (including phenoxy) is 1. The van der Waals surface area contributed by atoms with Gasteiger partial charge in [-0.15, -0.1) is 23.1 Å². The van der Waals surface area contributed by atoms with Crippen LogP contribution in [0.5, 0.6) is 0 Å². The molecule has 1 aromatic carbocycles. The molecule has 1 saturated carbocycles. The van der Waals surface area contributed by atoms with Crippen LogP contribution >= 0.6 is 23.1 Å². The number of aromatic amines is 1. The highest BCUT2D eigenvalue weighted by molar-refractivity contribution is 7.98. The lowest BCUT2D eigenvalue weighted by Crippen LogP contribution is -2.46. The minimum absolute atomic E-state index is 0.743. The number of benzene rings is 1. The molecule has 2 saturated heterocycles. The number of nitrogens with zero attached hydrogens (tertiary/aromatic N) is 5. The van der Waals surface area contributed by atoms with Crippen molar-refractivity contribution in [3.05, 3.63) is 35.3 Å². The summed E-state index contributed by atoms with van der Waals surface area (Å²) in [4.78, 5) is 25.1. The second-order valence-electron chi connectivity index (χ2n) is 10.1. The molecular weight excluding hydrogens is 488 g/mol. The lowest BCUT2D eigenvalue weighted by atomic mass is 10.1. The van der Waals surface area contributed by atoms with Crippen molar-refractivity contribution in [3.63, 3.8) is 0 Å². The number of anilines is 1. The Morgan fingerprint density at radius 1 is 1.03 bits per heavy atom. The molecule has 5 heterocycles. The van der Waals surface area contributed by atoms with Crippen LogP contribution < -0.4 is 4.90 Å². The van der Waals surface area contributed by atoms with Crippen molar-refractivity contribution < 1.29 is 4.74 Å². The van der Waals surface area contributed by atoms with Crippen LogP contribution in [-0.4, -0.2) is 89.5 Å². The van der Waals surface area contributed by atoms with Gasteiger partial charge in [-0.2, -0.15) is 0 Å². The van der Waals surface area contributed by atoms with Gasteiger partial charge in [0, 0.05) is 84.3 Å². The zero-order valence-electron chi connectivity index (χ0n) is 20.7.